The van der Waals surface area contributed by atoms with Crippen molar-refractivity contribution < 1.29 is 23.8 Å². The highest BCUT2D eigenvalue weighted by atomic mass is 19.1. The van der Waals surface area contributed by atoms with Gasteiger partial charge in [0.05, 0.1) is 6.61 Å². The standard InChI is InChI=1S/C18H18FNO4/c19-15-8-6-13(7-9-15)10-16(18(22)23)20-17(21)12-24-11-14-4-2-1-3-5-14/h1-9,16H,10-12H2,(H,20,21)(H,22,23)/t16-/m0/s1. The summed E-state index contributed by atoms with van der Waals surface area (Å²) >= 11 is 0. The van der Waals surface area contributed by atoms with Gasteiger partial charge < -0.3 is 15.2 Å². The molecule has 2 aromatic carbocycles. The number of carboxylic acids is 1. The molecule has 0 unspecified atom stereocenters. The van der Waals surface area contributed by atoms with E-state index in [0.717, 1.165) is 5.56 Å². The highest BCUT2D eigenvalue weighted by Gasteiger charge is 2.20. The zero-order valence-electron chi connectivity index (χ0n) is 12.9. The van der Waals surface area contributed by atoms with Gasteiger partial charge in [-0.1, -0.05) is 42.5 Å². The fraction of sp³-hybridized carbons (Fsp3) is 0.222. The average Bonchev–Trinajstić information content (AvgIpc) is 2.57. The molecule has 0 bridgehead atoms. The van der Waals surface area contributed by atoms with Crippen LogP contribution in [0.15, 0.2) is 54.6 Å². The molecule has 2 rings (SSSR count). The third-order valence-corrected chi connectivity index (χ3v) is 3.33. The molecule has 126 valence electrons. The van der Waals surface area contributed by atoms with E-state index in [1.54, 1.807) is 0 Å². The minimum Gasteiger partial charge on any atom is -0.480 e. The van der Waals surface area contributed by atoms with E-state index in [1.807, 2.05) is 30.3 Å². The highest BCUT2D eigenvalue weighted by Crippen LogP contribution is 2.06. The Labute approximate surface area is 139 Å². The van der Waals surface area contributed by atoms with Crippen LogP contribution in [-0.4, -0.2) is 29.6 Å². The molecule has 0 aromatic heterocycles. The molecule has 1 amide bonds. The lowest BCUT2D eigenvalue weighted by Gasteiger charge is -2.15. The van der Waals surface area contributed by atoms with Gasteiger partial charge in [-0.05, 0) is 23.3 Å². The van der Waals surface area contributed by atoms with Gasteiger partial charge in [-0.2, -0.15) is 0 Å². The second-order valence-electron chi connectivity index (χ2n) is 5.27. The molecule has 0 fully saturated rings. The van der Waals surface area contributed by atoms with Crippen LogP contribution in [0.4, 0.5) is 4.39 Å². The Balaban J connectivity index is 1.82. The number of aliphatic carboxylic acids is 1. The van der Waals surface area contributed by atoms with Crippen molar-refractivity contribution >= 4 is 11.9 Å². The predicted molar refractivity (Wildman–Crippen MR) is 85.8 cm³/mol. The second kappa shape index (κ2) is 8.79. The summed E-state index contributed by atoms with van der Waals surface area (Å²) in [5, 5.41) is 11.6. The van der Waals surface area contributed by atoms with Crippen molar-refractivity contribution in [3.8, 4) is 0 Å². The first-order chi connectivity index (χ1) is 11.5. The Morgan fingerprint density at radius 2 is 1.71 bits per heavy atom. The molecule has 6 heteroatoms. The molecule has 2 aromatic rings. The first-order valence-electron chi connectivity index (χ1n) is 7.43. The van der Waals surface area contributed by atoms with Crippen LogP contribution in [0.5, 0.6) is 0 Å². The lowest BCUT2D eigenvalue weighted by molar-refractivity contribution is -0.142. The van der Waals surface area contributed by atoms with Crippen LogP contribution in [0.25, 0.3) is 0 Å². The zero-order valence-corrected chi connectivity index (χ0v) is 12.9. The Kier molecular flexibility index (Phi) is 6.45. The van der Waals surface area contributed by atoms with Gasteiger partial charge in [0.15, 0.2) is 0 Å². The molecule has 24 heavy (non-hydrogen) atoms. The summed E-state index contributed by atoms with van der Waals surface area (Å²) in [6.45, 7) is 0.0338. The summed E-state index contributed by atoms with van der Waals surface area (Å²) in [6, 6.07) is 13.7. The summed E-state index contributed by atoms with van der Waals surface area (Å²) in [5.41, 5.74) is 1.54. The normalized spacial score (nSPS) is 11.7. The quantitative estimate of drug-likeness (QED) is 0.777. The van der Waals surface area contributed by atoms with E-state index in [1.165, 1.54) is 24.3 Å². The molecule has 0 aliphatic rings. The van der Waals surface area contributed by atoms with E-state index >= 15 is 0 Å². The van der Waals surface area contributed by atoms with Gasteiger partial charge in [-0.15, -0.1) is 0 Å². The predicted octanol–water partition coefficient (Wildman–Crippen LogP) is 2.15. The fourth-order valence-electron chi connectivity index (χ4n) is 2.13. The Morgan fingerprint density at radius 3 is 2.33 bits per heavy atom. The Bertz CT molecular complexity index is 673. The van der Waals surface area contributed by atoms with E-state index in [9.17, 15) is 19.1 Å². The minimum absolute atomic E-state index is 0.0695. The van der Waals surface area contributed by atoms with E-state index in [4.69, 9.17) is 4.74 Å². The molecule has 2 N–H and O–H groups in total. The van der Waals surface area contributed by atoms with Crippen molar-refractivity contribution in [1.82, 2.24) is 5.32 Å². The van der Waals surface area contributed by atoms with E-state index in [0.29, 0.717) is 5.56 Å². The summed E-state index contributed by atoms with van der Waals surface area (Å²) in [4.78, 5) is 23.1. The molecular weight excluding hydrogens is 313 g/mol. The van der Waals surface area contributed by atoms with Crippen molar-refractivity contribution in [1.29, 1.82) is 0 Å². The van der Waals surface area contributed by atoms with Crippen LogP contribution in [0.3, 0.4) is 0 Å². The molecular formula is C18H18FNO4. The number of hydrogen-bond donors (Lipinski definition) is 2. The van der Waals surface area contributed by atoms with Gasteiger partial charge in [-0.25, -0.2) is 9.18 Å². The van der Waals surface area contributed by atoms with Crippen LogP contribution in [0.2, 0.25) is 0 Å². The summed E-state index contributed by atoms with van der Waals surface area (Å²) in [7, 11) is 0. The van der Waals surface area contributed by atoms with E-state index in [2.05, 4.69) is 5.32 Å². The molecule has 5 nitrogen and oxygen atoms in total. The van der Waals surface area contributed by atoms with Crippen molar-refractivity contribution in [2.75, 3.05) is 6.61 Å². The largest absolute Gasteiger partial charge is 0.480 e. The number of ether oxygens (including phenoxy) is 1. The third kappa shape index (κ3) is 5.81. The first-order valence-corrected chi connectivity index (χ1v) is 7.43. The maximum absolute atomic E-state index is 12.9. The molecule has 0 heterocycles. The maximum atomic E-state index is 12.9. The minimum atomic E-state index is -1.16. The number of carbonyl (C=O) groups is 2. The lowest BCUT2D eigenvalue weighted by Crippen LogP contribution is -2.43. The van der Waals surface area contributed by atoms with Gasteiger partial charge in [0.2, 0.25) is 5.91 Å². The van der Waals surface area contributed by atoms with Crippen molar-refractivity contribution in [2.24, 2.45) is 0 Å². The summed E-state index contributed by atoms with van der Waals surface area (Å²) in [5.74, 6) is -2.07. The van der Waals surface area contributed by atoms with Crippen molar-refractivity contribution in [3.05, 3.63) is 71.5 Å². The molecule has 1 atom stereocenters. The Hall–Kier alpha value is -2.73. The van der Waals surface area contributed by atoms with Gasteiger partial charge in [0.1, 0.15) is 18.5 Å². The monoisotopic (exact) mass is 331 g/mol. The van der Waals surface area contributed by atoms with Crippen LogP contribution in [0, 0.1) is 5.82 Å². The zero-order chi connectivity index (χ0) is 17.4. The molecule has 0 spiro atoms. The van der Waals surface area contributed by atoms with Crippen molar-refractivity contribution in [3.63, 3.8) is 0 Å². The van der Waals surface area contributed by atoms with Crippen LogP contribution in [0.1, 0.15) is 11.1 Å². The van der Waals surface area contributed by atoms with Gasteiger partial charge in [0, 0.05) is 6.42 Å². The lowest BCUT2D eigenvalue weighted by atomic mass is 10.1. The molecule has 0 saturated carbocycles. The summed E-state index contributed by atoms with van der Waals surface area (Å²) in [6.07, 6.45) is 0.0695. The van der Waals surface area contributed by atoms with Gasteiger partial charge >= 0.3 is 5.97 Å². The summed E-state index contributed by atoms with van der Waals surface area (Å²) < 4.78 is 18.1. The number of carbonyl (C=O) groups excluding carboxylic acids is 1. The number of nitrogens with one attached hydrogen (secondary N) is 1. The Morgan fingerprint density at radius 1 is 1.04 bits per heavy atom. The van der Waals surface area contributed by atoms with E-state index in [-0.39, 0.29) is 19.6 Å². The highest BCUT2D eigenvalue weighted by molar-refractivity contribution is 5.84. The molecule has 0 aliphatic heterocycles. The van der Waals surface area contributed by atoms with Crippen LogP contribution >= 0.6 is 0 Å². The van der Waals surface area contributed by atoms with Crippen LogP contribution < -0.4 is 5.32 Å². The maximum Gasteiger partial charge on any atom is 0.326 e. The number of benzene rings is 2. The van der Waals surface area contributed by atoms with Crippen molar-refractivity contribution in [2.45, 2.75) is 19.1 Å². The van der Waals surface area contributed by atoms with Gasteiger partial charge in [0.25, 0.3) is 0 Å². The van der Waals surface area contributed by atoms with Crippen LogP contribution in [-0.2, 0) is 27.4 Å². The third-order valence-electron chi connectivity index (χ3n) is 3.33. The molecule has 0 radical (unpaired) electrons. The number of amides is 1. The smallest absolute Gasteiger partial charge is 0.326 e. The van der Waals surface area contributed by atoms with E-state index < -0.39 is 23.7 Å². The average molecular weight is 331 g/mol. The second-order valence-corrected chi connectivity index (χ2v) is 5.27. The first kappa shape index (κ1) is 17.6. The number of hydrogen-bond acceptors (Lipinski definition) is 3. The number of rotatable bonds is 8. The fourth-order valence-corrected chi connectivity index (χ4v) is 2.13. The SMILES string of the molecule is O=C(COCc1ccccc1)N[C@@H](Cc1ccc(F)cc1)C(=O)O. The van der Waals surface area contributed by atoms with Gasteiger partial charge in [-0.3, -0.25) is 4.79 Å². The number of carboxylic acid groups (broad SMARTS) is 1. The number of halogens is 1. The topological polar surface area (TPSA) is 75.6 Å². The molecule has 0 aliphatic carbocycles. The molecule has 0 saturated heterocycles.